The lowest BCUT2D eigenvalue weighted by atomic mass is 10.0. The van der Waals surface area contributed by atoms with Gasteiger partial charge in [-0.1, -0.05) is 12.1 Å². The van der Waals surface area contributed by atoms with Crippen molar-refractivity contribution in [3.63, 3.8) is 0 Å². The van der Waals surface area contributed by atoms with E-state index in [2.05, 4.69) is 26.3 Å². The maximum atomic E-state index is 9.07. The van der Waals surface area contributed by atoms with Crippen LogP contribution in [-0.2, 0) is 0 Å². The molecule has 0 atom stereocenters. The predicted molar refractivity (Wildman–Crippen MR) is 88.7 cm³/mol. The molecule has 23 heavy (non-hydrogen) atoms. The minimum atomic E-state index is 0.419. The van der Waals surface area contributed by atoms with Crippen molar-refractivity contribution in [1.29, 1.82) is 10.7 Å². The van der Waals surface area contributed by atoms with Crippen molar-refractivity contribution >= 4 is 23.1 Å². The van der Waals surface area contributed by atoms with Crippen LogP contribution in [0.5, 0.6) is 0 Å². The zero-order valence-corrected chi connectivity index (χ0v) is 12.0. The monoisotopic (exact) mass is 303 g/mol. The SMILES string of the molecule is N#Cc1cccc(-c2c[nH]c3ncnc(N/C(C=N)=C/N)c23)c1. The molecule has 5 N–H and O–H groups in total. The van der Waals surface area contributed by atoms with Gasteiger partial charge in [0.25, 0.3) is 0 Å². The Kier molecular flexibility index (Phi) is 3.72. The van der Waals surface area contributed by atoms with Crippen molar-refractivity contribution in [1.82, 2.24) is 15.0 Å². The van der Waals surface area contributed by atoms with Gasteiger partial charge in [0, 0.05) is 24.2 Å². The molecule has 0 radical (unpaired) electrons. The second kappa shape index (κ2) is 5.99. The number of rotatable bonds is 4. The molecular formula is C16H13N7. The van der Waals surface area contributed by atoms with Gasteiger partial charge >= 0.3 is 0 Å². The molecule has 0 saturated heterocycles. The first-order chi connectivity index (χ1) is 11.3. The van der Waals surface area contributed by atoms with Crippen LogP contribution in [0.2, 0.25) is 0 Å². The third kappa shape index (κ3) is 2.61. The van der Waals surface area contributed by atoms with E-state index in [4.69, 9.17) is 16.4 Å². The standard InChI is InChI=1S/C16H13N7/c17-5-10-2-1-3-11(4-10)13-8-20-15-14(13)16(22-9-21-15)23-12(6-18)7-19/h1-4,6-9,18H,19H2,(H2,20,21,22,23)/b12-7+,18-6?. The molecule has 0 saturated carbocycles. The maximum Gasteiger partial charge on any atom is 0.144 e. The lowest BCUT2D eigenvalue weighted by molar-refractivity contribution is 1.19. The predicted octanol–water partition coefficient (Wildman–Crippen LogP) is 2.36. The molecule has 3 aromatic rings. The Morgan fingerprint density at radius 2 is 2.26 bits per heavy atom. The fraction of sp³-hybridized carbons (Fsp3) is 0. The van der Waals surface area contributed by atoms with Gasteiger partial charge in [-0.05, 0) is 17.7 Å². The maximum absolute atomic E-state index is 9.07. The topological polar surface area (TPSA) is 127 Å². The van der Waals surface area contributed by atoms with Crippen molar-refractivity contribution in [3.8, 4) is 17.2 Å². The molecule has 0 aliphatic rings. The van der Waals surface area contributed by atoms with E-state index < -0.39 is 0 Å². The highest BCUT2D eigenvalue weighted by Gasteiger charge is 2.13. The molecule has 0 aliphatic heterocycles. The Morgan fingerprint density at radius 1 is 1.39 bits per heavy atom. The largest absolute Gasteiger partial charge is 0.403 e. The van der Waals surface area contributed by atoms with Gasteiger partial charge in [-0.3, -0.25) is 0 Å². The second-order valence-electron chi connectivity index (χ2n) is 4.73. The molecule has 2 heterocycles. The third-order valence-electron chi connectivity index (χ3n) is 3.37. The Balaban J connectivity index is 2.19. The van der Waals surface area contributed by atoms with E-state index in [1.54, 1.807) is 12.1 Å². The Labute approximate surface area is 132 Å². The number of aromatic amines is 1. The number of nitriles is 1. The molecule has 0 bridgehead atoms. The normalized spacial score (nSPS) is 11.2. The number of anilines is 1. The summed E-state index contributed by atoms with van der Waals surface area (Å²) < 4.78 is 0. The summed E-state index contributed by atoms with van der Waals surface area (Å²) in [7, 11) is 0. The van der Waals surface area contributed by atoms with E-state index in [1.807, 2.05) is 18.3 Å². The van der Waals surface area contributed by atoms with Gasteiger partial charge in [0.15, 0.2) is 0 Å². The summed E-state index contributed by atoms with van der Waals surface area (Å²) in [5.41, 5.74) is 8.86. The van der Waals surface area contributed by atoms with Gasteiger partial charge in [0.05, 0.1) is 22.7 Å². The summed E-state index contributed by atoms with van der Waals surface area (Å²) in [6.07, 6.45) is 5.64. The number of aromatic nitrogens is 3. The molecule has 0 aliphatic carbocycles. The molecular weight excluding hydrogens is 290 g/mol. The van der Waals surface area contributed by atoms with E-state index in [9.17, 15) is 0 Å². The zero-order chi connectivity index (χ0) is 16.2. The second-order valence-corrected chi connectivity index (χ2v) is 4.73. The first-order valence-electron chi connectivity index (χ1n) is 6.79. The summed E-state index contributed by atoms with van der Waals surface area (Å²) in [5, 5.41) is 20.2. The smallest absolute Gasteiger partial charge is 0.144 e. The van der Waals surface area contributed by atoms with Crippen LogP contribution in [0.25, 0.3) is 22.2 Å². The number of fused-ring (bicyclic) bond motifs is 1. The number of nitrogens with zero attached hydrogens (tertiary/aromatic N) is 3. The number of hydrogen-bond donors (Lipinski definition) is 4. The molecule has 7 nitrogen and oxygen atoms in total. The molecule has 7 heteroatoms. The lowest BCUT2D eigenvalue weighted by Gasteiger charge is -2.08. The van der Waals surface area contributed by atoms with Crippen LogP contribution < -0.4 is 11.1 Å². The Bertz CT molecular complexity index is 946. The van der Waals surface area contributed by atoms with Crippen LogP contribution in [0.15, 0.2) is 48.7 Å². The van der Waals surface area contributed by atoms with E-state index in [-0.39, 0.29) is 0 Å². The highest BCUT2D eigenvalue weighted by atomic mass is 15.0. The summed E-state index contributed by atoms with van der Waals surface area (Å²) in [6.45, 7) is 0. The summed E-state index contributed by atoms with van der Waals surface area (Å²) in [4.78, 5) is 11.5. The van der Waals surface area contributed by atoms with Crippen LogP contribution in [-0.4, -0.2) is 21.2 Å². The number of allylic oxidation sites excluding steroid dienone is 1. The minimum absolute atomic E-state index is 0.419. The fourth-order valence-electron chi connectivity index (χ4n) is 2.30. The van der Waals surface area contributed by atoms with Gasteiger partial charge in [0.1, 0.15) is 17.8 Å². The first-order valence-corrected chi connectivity index (χ1v) is 6.79. The molecule has 0 unspecified atom stereocenters. The minimum Gasteiger partial charge on any atom is -0.403 e. The van der Waals surface area contributed by atoms with Crippen LogP contribution in [0.4, 0.5) is 5.82 Å². The van der Waals surface area contributed by atoms with Gasteiger partial charge < -0.3 is 21.4 Å². The van der Waals surface area contributed by atoms with Crippen LogP contribution in [0.1, 0.15) is 5.56 Å². The van der Waals surface area contributed by atoms with E-state index in [1.165, 1.54) is 12.5 Å². The van der Waals surface area contributed by atoms with Crippen LogP contribution in [0, 0.1) is 16.7 Å². The van der Waals surface area contributed by atoms with Crippen molar-refractivity contribution in [2.75, 3.05) is 5.32 Å². The molecule has 1 aromatic carbocycles. The molecule has 0 fully saturated rings. The lowest BCUT2D eigenvalue weighted by Crippen LogP contribution is -2.05. The van der Waals surface area contributed by atoms with E-state index >= 15 is 0 Å². The van der Waals surface area contributed by atoms with Crippen molar-refractivity contribution in [2.45, 2.75) is 0 Å². The first kappa shape index (κ1) is 14.3. The molecule has 0 spiro atoms. The molecule has 112 valence electrons. The van der Waals surface area contributed by atoms with Crippen molar-refractivity contribution < 1.29 is 0 Å². The fourth-order valence-corrected chi connectivity index (χ4v) is 2.30. The zero-order valence-electron chi connectivity index (χ0n) is 12.0. The van der Waals surface area contributed by atoms with Crippen LogP contribution in [0.3, 0.4) is 0 Å². The van der Waals surface area contributed by atoms with E-state index in [0.717, 1.165) is 22.7 Å². The van der Waals surface area contributed by atoms with Crippen molar-refractivity contribution in [3.05, 3.63) is 54.3 Å². The molecule has 3 rings (SSSR count). The van der Waals surface area contributed by atoms with Crippen molar-refractivity contribution in [2.24, 2.45) is 5.73 Å². The quantitative estimate of drug-likeness (QED) is 0.550. The highest BCUT2D eigenvalue weighted by Crippen LogP contribution is 2.32. The van der Waals surface area contributed by atoms with Crippen LogP contribution >= 0.6 is 0 Å². The van der Waals surface area contributed by atoms with Gasteiger partial charge in [-0.25, -0.2) is 9.97 Å². The Hall–Kier alpha value is -3.66. The number of H-pyrrole nitrogens is 1. The van der Waals surface area contributed by atoms with E-state index in [0.29, 0.717) is 22.7 Å². The van der Waals surface area contributed by atoms with Gasteiger partial charge in [0.2, 0.25) is 0 Å². The third-order valence-corrected chi connectivity index (χ3v) is 3.37. The Morgan fingerprint density at radius 3 is 3.00 bits per heavy atom. The summed E-state index contributed by atoms with van der Waals surface area (Å²) in [6, 6.07) is 9.42. The molecule has 2 aromatic heterocycles. The summed E-state index contributed by atoms with van der Waals surface area (Å²) in [5.74, 6) is 0.536. The average molecular weight is 303 g/mol. The molecule has 0 amide bonds. The highest BCUT2D eigenvalue weighted by molar-refractivity contribution is 6.02. The number of hydrogen-bond acceptors (Lipinski definition) is 6. The number of nitrogens with two attached hydrogens (primary N) is 1. The average Bonchev–Trinajstić information content (AvgIpc) is 3.04. The van der Waals surface area contributed by atoms with Gasteiger partial charge in [-0.2, -0.15) is 5.26 Å². The summed E-state index contributed by atoms with van der Waals surface area (Å²) >= 11 is 0. The van der Waals surface area contributed by atoms with Gasteiger partial charge in [-0.15, -0.1) is 0 Å². The number of nitrogens with one attached hydrogen (secondary N) is 3. The number of benzene rings is 1.